The molecule has 0 radical (unpaired) electrons. The molecule has 0 saturated carbocycles. The van der Waals surface area contributed by atoms with Gasteiger partial charge in [-0.2, -0.15) is 0 Å². The van der Waals surface area contributed by atoms with Gasteiger partial charge in [-0.05, 0) is 18.4 Å². The molecule has 0 unspecified atom stereocenters. The topological polar surface area (TPSA) is 59.1 Å². The second kappa shape index (κ2) is 9.08. The van der Waals surface area contributed by atoms with Gasteiger partial charge in [0, 0.05) is 66.0 Å². The quantitative estimate of drug-likeness (QED) is 0.877. The van der Waals surface area contributed by atoms with Crippen molar-refractivity contribution in [3.05, 3.63) is 35.9 Å². The summed E-state index contributed by atoms with van der Waals surface area (Å²) in [5.74, 6) is 0. The van der Waals surface area contributed by atoms with Gasteiger partial charge in [0.2, 0.25) is 0 Å². The van der Waals surface area contributed by atoms with Crippen molar-refractivity contribution >= 4 is 12.1 Å². The van der Waals surface area contributed by atoms with Crippen LogP contribution in [0.5, 0.6) is 0 Å². The fourth-order valence-corrected chi connectivity index (χ4v) is 3.73. The zero-order chi connectivity index (χ0) is 19.2. The molecular weight excluding hydrogens is 342 g/mol. The van der Waals surface area contributed by atoms with E-state index in [1.54, 1.807) is 23.9 Å². The van der Waals surface area contributed by atoms with Crippen molar-refractivity contribution in [1.29, 1.82) is 0 Å². The summed E-state index contributed by atoms with van der Waals surface area (Å²) in [6.07, 6.45) is 1.97. The Morgan fingerprint density at radius 1 is 0.963 bits per heavy atom. The van der Waals surface area contributed by atoms with Crippen LogP contribution in [0, 0.1) is 0 Å². The monoisotopic (exact) mass is 373 g/mol. The third-order valence-corrected chi connectivity index (χ3v) is 5.38. The lowest BCUT2D eigenvalue weighted by Crippen LogP contribution is -2.56. The molecule has 4 amide bonds. The van der Waals surface area contributed by atoms with Crippen LogP contribution in [0.1, 0.15) is 18.4 Å². The fourth-order valence-electron chi connectivity index (χ4n) is 3.73. The minimum Gasteiger partial charge on any atom is -0.335 e. The average Bonchev–Trinajstić information content (AvgIpc) is 2.69. The van der Waals surface area contributed by atoms with Gasteiger partial charge in [0.25, 0.3) is 0 Å². The van der Waals surface area contributed by atoms with E-state index in [9.17, 15) is 9.59 Å². The molecule has 0 atom stereocenters. The van der Waals surface area contributed by atoms with Crippen LogP contribution in [0.4, 0.5) is 9.59 Å². The molecule has 1 aromatic rings. The summed E-state index contributed by atoms with van der Waals surface area (Å²) >= 11 is 0. The van der Waals surface area contributed by atoms with Gasteiger partial charge in [-0.3, -0.25) is 4.90 Å². The minimum atomic E-state index is 0.00783. The Kier molecular flexibility index (Phi) is 6.55. The highest BCUT2D eigenvalue weighted by Crippen LogP contribution is 2.14. The Bertz CT molecular complexity index is 621. The molecule has 3 rings (SSSR count). The van der Waals surface area contributed by atoms with Crippen LogP contribution in [0.2, 0.25) is 0 Å². The number of hydrogen-bond donors (Lipinski definition) is 1. The number of carbonyl (C=O) groups excluding carboxylic acids is 2. The Hall–Kier alpha value is -2.28. The summed E-state index contributed by atoms with van der Waals surface area (Å²) in [5.41, 5.74) is 1.34. The number of nitrogens with one attached hydrogen (secondary N) is 1. The van der Waals surface area contributed by atoms with E-state index in [4.69, 9.17) is 0 Å². The number of hydrogen-bond acceptors (Lipinski definition) is 3. The first-order chi connectivity index (χ1) is 13.0. The first kappa shape index (κ1) is 19.5. The molecule has 1 N–H and O–H groups in total. The summed E-state index contributed by atoms with van der Waals surface area (Å²) in [5, 5.41) is 3.19. The van der Waals surface area contributed by atoms with Crippen molar-refractivity contribution in [3.63, 3.8) is 0 Å². The van der Waals surface area contributed by atoms with E-state index in [2.05, 4.69) is 34.5 Å². The van der Waals surface area contributed by atoms with E-state index in [1.165, 1.54) is 5.56 Å². The number of benzene rings is 1. The van der Waals surface area contributed by atoms with Crippen LogP contribution < -0.4 is 5.32 Å². The van der Waals surface area contributed by atoms with Crippen molar-refractivity contribution < 1.29 is 9.59 Å². The molecule has 2 aliphatic rings. The number of amides is 4. The molecule has 0 bridgehead atoms. The number of piperidine rings is 1. The largest absolute Gasteiger partial charge is 0.335 e. The predicted octanol–water partition coefficient (Wildman–Crippen LogP) is 1.66. The molecule has 1 aromatic carbocycles. The van der Waals surface area contributed by atoms with Crippen molar-refractivity contribution in [2.75, 3.05) is 53.4 Å². The van der Waals surface area contributed by atoms with E-state index in [0.29, 0.717) is 26.2 Å². The standard InChI is InChI=1S/C20H31N5O2/c1-22(2)20(27)25-14-12-24(13-15-25)19(26)21-18-8-10-23(11-9-18)16-17-6-4-3-5-7-17/h3-7,18H,8-16H2,1-2H3,(H,21,26). The molecule has 0 aromatic heterocycles. The molecule has 27 heavy (non-hydrogen) atoms. The van der Waals surface area contributed by atoms with Gasteiger partial charge in [-0.25, -0.2) is 9.59 Å². The first-order valence-corrected chi connectivity index (χ1v) is 9.81. The van der Waals surface area contributed by atoms with E-state index >= 15 is 0 Å². The maximum absolute atomic E-state index is 12.5. The van der Waals surface area contributed by atoms with Gasteiger partial charge in [0.1, 0.15) is 0 Å². The van der Waals surface area contributed by atoms with E-state index in [1.807, 2.05) is 11.0 Å². The summed E-state index contributed by atoms with van der Waals surface area (Å²) in [4.78, 5) is 32.2. The third kappa shape index (κ3) is 5.35. The zero-order valence-corrected chi connectivity index (χ0v) is 16.4. The van der Waals surface area contributed by atoms with Crippen LogP contribution in [0.25, 0.3) is 0 Å². The molecule has 7 nitrogen and oxygen atoms in total. The second-order valence-corrected chi connectivity index (χ2v) is 7.64. The average molecular weight is 374 g/mol. The van der Waals surface area contributed by atoms with E-state index in [-0.39, 0.29) is 18.1 Å². The van der Waals surface area contributed by atoms with Crippen molar-refractivity contribution in [3.8, 4) is 0 Å². The minimum absolute atomic E-state index is 0.00783. The van der Waals surface area contributed by atoms with Gasteiger partial charge >= 0.3 is 12.1 Å². The molecular formula is C20H31N5O2. The molecule has 2 heterocycles. The summed E-state index contributed by atoms with van der Waals surface area (Å²) in [6, 6.07) is 10.8. The Balaban J connectivity index is 1.38. The molecule has 0 spiro atoms. The summed E-state index contributed by atoms with van der Waals surface area (Å²) in [7, 11) is 3.51. The van der Waals surface area contributed by atoms with Crippen LogP contribution in [-0.2, 0) is 6.54 Å². The van der Waals surface area contributed by atoms with Crippen LogP contribution in [0.15, 0.2) is 30.3 Å². The SMILES string of the molecule is CN(C)C(=O)N1CCN(C(=O)NC2CCN(Cc3ccccc3)CC2)CC1. The number of carbonyl (C=O) groups is 2. The molecule has 2 aliphatic heterocycles. The molecule has 2 fully saturated rings. The van der Waals surface area contributed by atoms with Gasteiger partial charge in [0.05, 0.1) is 0 Å². The summed E-state index contributed by atoms with van der Waals surface area (Å²) < 4.78 is 0. The molecule has 2 saturated heterocycles. The highest BCUT2D eigenvalue weighted by molar-refractivity contribution is 5.76. The number of piperazine rings is 1. The highest BCUT2D eigenvalue weighted by atomic mass is 16.2. The number of nitrogens with zero attached hydrogens (tertiary/aromatic N) is 4. The number of urea groups is 2. The third-order valence-electron chi connectivity index (χ3n) is 5.38. The Labute approximate surface area is 161 Å². The molecule has 7 heteroatoms. The Morgan fingerprint density at radius 3 is 2.15 bits per heavy atom. The van der Waals surface area contributed by atoms with E-state index in [0.717, 1.165) is 32.5 Å². The molecule has 148 valence electrons. The predicted molar refractivity (Wildman–Crippen MR) is 106 cm³/mol. The fraction of sp³-hybridized carbons (Fsp3) is 0.600. The number of likely N-dealkylation sites (tertiary alicyclic amines) is 1. The van der Waals surface area contributed by atoms with Gasteiger partial charge in [0.15, 0.2) is 0 Å². The van der Waals surface area contributed by atoms with Gasteiger partial charge in [-0.15, -0.1) is 0 Å². The normalized spacial score (nSPS) is 19.0. The lowest BCUT2D eigenvalue weighted by Gasteiger charge is -2.37. The second-order valence-electron chi connectivity index (χ2n) is 7.64. The van der Waals surface area contributed by atoms with Gasteiger partial charge in [-0.1, -0.05) is 30.3 Å². The van der Waals surface area contributed by atoms with E-state index < -0.39 is 0 Å². The number of rotatable bonds is 3. The first-order valence-electron chi connectivity index (χ1n) is 9.81. The van der Waals surface area contributed by atoms with Crippen LogP contribution in [-0.4, -0.2) is 91.1 Å². The zero-order valence-electron chi connectivity index (χ0n) is 16.4. The highest BCUT2D eigenvalue weighted by Gasteiger charge is 2.27. The maximum atomic E-state index is 12.5. The summed E-state index contributed by atoms with van der Waals surface area (Å²) in [6.45, 7) is 5.37. The van der Waals surface area contributed by atoms with Gasteiger partial charge < -0.3 is 20.0 Å². The van der Waals surface area contributed by atoms with Crippen LogP contribution >= 0.6 is 0 Å². The van der Waals surface area contributed by atoms with Crippen molar-refractivity contribution in [2.45, 2.75) is 25.4 Å². The Morgan fingerprint density at radius 2 is 1.56 bits per heavy atom. The maximum Gasteiger partial charge on any atom is 0.319 e. The lowest BCUT2D eigenvalue weighted by molar-refractivity contribution is 0.124. The smallest absolute Gasteiger partial charge is 0.319 e. The van der Waals surface area contributed by atoms with Crippen molar-refractivity contribution in [1.82, 2.24) is 24.9 Å². The molecule has 0 aliphatic carbocycles. The lowest BCUT2D eigenvalue weighted by atomic mass is 10.0. The van der Waals surface area contributed by atoms with Crippen LogP contribution in [0.3, 0.4) is 0 Å². The van der Waals surface area contributed by atoms with Crippen molar-refractivity contribution in [2.24, 2.45) is 0 Å².